The zero-order valence-electron chi connectivity index (χ0n) is 13.1. The van der Waals surface area contributed by atoms with Crippen LogP contribution < -0.4 is 5.32 Å². The third-order valence-electron chi connectivity index (χ3n) is 3.22. The Hall–Kier alpha value is -3.58. The molecule has 0 fully saturated rings. The number of azide groups is 1. The molecule has 2 N–H and O–H groups in total. The van der Waals surface area contributed by atoms with Crippen LogP contribution >= 0.6 is 0 Å². The van der Waals surface area contributed by atoms with Crippen LogP contribution in [0.1, 0.15) is 11.1 Å². The summed E-state index contributed by atoms with van der Waals surface area (Å²) in [5.74, 6) is -1.17. The first kappa shape index (κ1) is 17.8. The molecule has 1 aromatic heterocycles. The fourth-order valence-corrected chi connectivity index (χ4v) is 2.00. The summed E-state index contributed by atoms with van der Waals surface area (Å²) >= 11 is 0. The smallest absolute Gasteiger partial charge is 0.408 e. The molecule has 0 radical (unpaired) electrons. The van der Waals surface area contributed by atoms with E-state index in [0.29, 0.717) is 16.8 Å². The van der Waals surface area contributed by atoms with Crippen molar-refractivity contribution in [3.8, 4) is 0 Å². The van der Waals surface area contributed by atoms with Crippen molar-refractivity contribution in [2.45, 2.75) is 19.1 Å². The Morgan fingerprint density at radius 3 is 2.64 bits per heavy atom. The molecule has 0 saturated heterocycles. The number of nitrogens with zero attached hydrogens (tertiary/aromatic N) is 4. The van der Waals surface area contributed by atoms with Crippen LogP contribution in [0, 0.1) is 0 Å². The first-order valence-electron chi connectivity index (χ1n) is 7.27. The average molecular weight is 341 g/mol. The quantitative estimate of drug-likeness (QED) is 0.453. The SMILES string of the molecule is [N-]=[N+]=Nc1ccc(COC(=O)NC(Cc2cccnc2)C(=O)O)cc1. The Balaban J connectivity index is 1.88. The lowest BCUT2D eigenvalue weighted by Crippen LogP contribution is -2.42. The number of alkyl carbamates (subject to hydrolysis) is 1. The molecule has 9 heteroatoms. The maximum atomic E-state index is 11.8. The van der Waals surface area contributed by atoms with Crippen LogP contribution in [0.2, 0.25) is 0 Å². The molecule has 9 nitrogen and oxygen atoms in total. The zero-order chi connectivity index (χ0) is 18.1. The summed E-state index contributed by atoms with van der Waals surface area (Å²) < 4.78 is 5.01. The molecule has 0 bridgehead atoms. The van der Waals surface area contributed by atoms with Gasteiger partial charge in [-0.1, -0.05) is 35.4 Å². The molecule has 2 aromatic rings. The van der Waals surface area contributed by atoms with Crippen molar-refractivity contribution < 1.29 is 19.4 Å². The molecule has 0 saturated carbocycles. The van der Waals surface area contributed by atoms with E-state index >= 15 is 0 Å². The number of carboxylic acids is 1. The van der Waals surface area contributed by atoms with Gasteiger partial charge < -0.3 is 15.2 Å². The van der Waals surface area contributed by atoms with Gasteiger partial charge in [0.15, 0.2) is 0 Å². The molecule has 1 amide bonds. The lowest BCUT2D eigenvalue weighted by molar-refractivity contribution is -0.139. The molecule has 1 heterocycles. The van der Waals surface area contributed by atoms with Gasteiger partial charge in [-0.05, 0) is 22.7 Å². The van der Waals surface area contributed by atoms with Crippen LogP contribution in [0.15, 0.2) is 53.9 Å². The van der Waals surface area contributed by atoms with Crippen molar-refractivity contribution in [3.63, 3.8) is 0 Å². The Labute approximate surface area is 142 Å². The number of carboxylic acid groups (broad SMARTS) is 1. The third-order valence-corrected chi connectivity index (χ3v) is 3.22. The Morgan fingerprint density at radius 2 is 2.04 bits per heavy atom. The first-order valence-corrected chi connectivity index (χ1v) is 7.27. The summed E-state index contributed by atoms with van der Waals surface area (Å²) in [5, 5.41) is 15.0. The Bertz CT molecular complexity index is 773. The molecule has 0 aliphatic carbocycles. The average Bonchev–Trinajstić information content (AvgIpc) is 2.61. The molecule has 25 heavy (non-hydrogen) atoms. The van der Waals surface area contributed by atoms with Crippen LogP contribution in [0.5, 0.6) is 0 Å². The van der Waals surface area contributed by atoms with E-state index in [2.05, 4.69) is 20.3 Å². The second-order valence-electron chi connectivity index (χ2n) is 5.03. The van der Waals surface area contributed by atoms with Crippen LogP contribution in [0.4, 0.5) is 10.5 Å². The van der Waals surface area contributed by atoms with E-state index in [0.717, 1.165) is 0 Å². The van der Waals surface area contributed by atoms with Gasteiger partial charge in [0, 0.05) is 29.4 Å². The van der Waals surface area contributed by atoms with E-state index in [9.17, 15) is 14.7 Å². The normalized spacial score (nSPS) is 11.0. The first-order chi connectivity index (χ1) is 12.1. The van der Waals surface area contributed by atoms with E-state index in [1.165, 1.54) is 6.20 Å². The molecular formula is C16H15N5O4. The fourth-order valence-electron chi connectivity index (χ4n) is 2.00. The van der Waals surface area contributed by atoms with Crippen LogP contribution in [-0.2, 0) is 22.6 Å². The monoisotopic (exact) mass is 341 g/mol. The molecule has 0 aliphatic heterocycles. The number of carbonyl (C=O) groups is 2. The van der Waals surface area contributed by atoms with Crippen molar-refractivity contribution in [1.82, 2.24) is 10.3 Å². The highest BCUT2D eigenvalue weighted by atomic mass is 16.5. The summed E-state index contributed by atoms with van der Waals surface area (Å²) in [4.78, 5) is 29.7. The molecule has 2 rings (SSSR count). The molecule has 128 valence electrons. The van der Waals surface area contributed by atoms with Crippen molar-refractivity contribution in [1.29, 1.82) is 0 Å². The largest absolute Gasteiger partial charge is 0.480 e. The second kappa shape index (κ2) is 8.90. The van der Waals surface area contributed by atoms with Gasteiger partial charge in [-0.25, -0.2) is 9.59 Å². The predicted octanol–water partition coefficient (Wildman–Crippen LogP) is 2.95. The third kappa shape index (κ3) is 5.85. The minimum Gasteiger partial charge on any atom is -0.480 e. The summed E-state index contributed by atoms with van der Waals surface area (Å²) in [7, 11) is 0. The summed E-state index contributed by atoms with van der Waals surface area (Å²) in [6, 6.07) is 8.73. The van der Waals surface area contributed by atoms with E-state index < -0.39 is 18.1 Å². The minimum atomic E-state index is -1.17. The van der Waals surface area contributed by atoms with Crippen molar-refractivity contribution in [3.05, 3.63) is 70.4 Å². The van der Waals surface area contributed by atoms with Gasteiger partial charge in [-0.2, -0.15) is 0 Å². The van der Waals surface area contributed by atoms with Gasteiger partial charge in [0.05, 0.1) is 0 Å². The van der Waals surface area contributed by atoms with E-state index in [1.54, 1.807) is 42.6 Å². The Morgan fingerprint density at radius 1 is 1.28 bits per heavy atom. The van der Waals surface area contributed by atoms with E-state index in [-0.39, 0.29) is 13.0 Å². The summed E-state index contributed by atoms with van der Waals surface area (Å²) in [6.45, 7) is -0.0401. The number of benzene rings is 1. The number of hydrogen-bond acceptors (Lipinski definition) is 5. The number of carbonyl (C=O) groups excluding carboxylic acids is 1. The number of ether oxygens (including phenoxy) is 1. The number of rotatable bonds is 7. The van der Waals surface area contributed by atoms with Crippen molar-refractivity contribution in [2.75, 3.05) is 0 Å². The summed E-state index contributed by atoms with van der Waals surface area (Å²) in [5.41, 5.74) is 10.1. The van der Waals surface area contributed by atoms with Gasteiger partial charge in [0.25, 0.3) is 0 Å². The van der Waals surface area contributed by atoms with Crippen LogP contribution in [0.25, 0.3) is 10.4 Å². The van der Waals surface area contributed by atoms with Gasteiger partial charge in [-0.3, -0.25) is 4.98 Å². The molecule has 0 spiro atoms. The summed E-state index contributed by atoms with van der Waals surface area (Å²) in [6.07, 6.45) is 2.37. The topological polar surface area (TPSA) is 137 Å². The molecule has 1 atom stereocenters. The number of aliphatic carboxylic acids is 1. The Kier molecular flexibility index (Phi) is 6.32. The maximum Gasteiger partial charge on any atom is 0.408 e. The van der Waals surface area contributed by atoms with Gasteiger partial charge in [-0.15, -0.1) is 0 Å². The zero-order valence-corrected chi connectivity index (χ0v) is 13.1. The minimum absolute atomic E-state index is 0.0401. The van der Waals surface area contributed by atoms with Crippen LogP contribution in [-0.4, -0.2) is 28.2 Å². The fraction of sp³-hybridized carbons (Fsp3) is 0.188. The number of hydrogen-bond donors (Lipinski definition) is 2. The predicted molar refractivity (Wildman–Crippen MR) is 87.9 cm³/mol. The van der Waals surface area contributed by atoms with Gasteiger partial charge >= 0.3 is 12.1 Å². The lowest BCUT2D eigenvalue weighted by Gasteiger charge is -2.14. The molecule has 0 aliphatic rings. The lowest BCUT2D eigenvalue weighted by atomic mass is 10.1. The highest BCUT2D eigenvalue weighted by Gasteiger charge is 2.21. The number of aromatic nitrogens is 1. The standard InChI is InChI=1S/C16H15N5O4/c17-21-20-13-5-3-11(4-6-13)10-25-16(24)19-14(15(22)23)8-12-2-1-7-18-9-12/h1-7,9,14H,8,10H2,(H,19,24)(H,22,23). The molecule has 1 aromatic carbocycles. The molecular weight excluding hydrogens is 326 g/mol. The van der Waals surface area contributed by atoms with Crippen molar-refractivity contribution in [2.24, 2.45) is 5.11 Å². The highest BCUT2D eigenvalue weighted by Crippen LogP contribution is 2.13. The van der Waals surface area contributed by atoms with Crippen molar-refractivity contribution >= 4 is 17.7 Å². The van der Waals surface area contributed by atoms with Crippen LogP contribution in [0.3, 0.4) is 0 Å². The number of nitrogens with one attached hydrogen (secondary N) is 1. The second-order valence-corrected chi connectivity index (χ2v) is 5.03. The van der Waals surface area contributed by atoms with E-state index in [1.807, 2.05) is 0 Å². The molecule has 1 unspecified atom stereocenters. The maximum absolute atomic E-state index is 11.8. The van der Waals surface area contributed by atoms with Gasteiger partial charge in [0.1, 0.15) is 12.6 Å². The number of pyridine rings is 1. The number of amides is 1. The highest BCUT2D eigenvalue weighted by molar-refractivity contribution is 5.80. The van der Waals surface area contributed by atoms with Gasteiger partial charge in [0.2, 0.25) is 0 Å². The van der Waals surface area contributed by atoms with E-state index in [4.69, 9.17) is 10.3 Å².